The molecule has 1 amide bonds. The number of carbonyl (C=O) groups is 1. The summed E-state index contributed by atoms with van der Waals surface area (Å²) in [6, 6.07) is 4.13. The van der Waals surface area contributed by atoms with Gasteiger partial charge in [-0.1, -0.05) is 18.2 Å². The quantitative estimate of drug-likeness (QED) is 0.822. The lowest BCUT2D eigenvalue weighted by atomic mass is 9.95. The zero-order chi connectivity index (χ0) is 15.6. The fourth-order valence-corrected chi connectivity index (χ4v) is 4.36. The minimum Gasteiger partial charge on any atom is -0.352 e. The lowest BCUT2D eigenvalue weighted by Gasteiger charge is -2.22. The number of aromatic nitrogens is 4. The number of nitrogens with zero attached hydrogens (tertiary/aromatic N) is 3. The van der Waals surface area contributed by atoms with Gasteiger partial charge in [-0.3, -0.25) is 14.9 Å². The smallest absolute Gasteiger partial charge is 0.230 e. The molecule has 4 rings (SSSR count). The fraction of sp³-hybridized carbons (Fsp3) is 0.500. The predicted molar refractivity (Wildman–Crippen MR) is 87.7 cm³/mol. The summed E-state index contributed by atoms with van der Waals surface area (Å²) < 4.78 is 0. The number of H-pyrrole nitrogens is 1. The van der Waals surface area contributed by atoms with Crippen LogP contribution in [0.1, 0.15) is 25.7 Å². The highest BCUT2D eigenvalue weighted by Gasteiger charge is 2.39. The van der Waals surface area contributed by atoms with Gasteiger partial charge in [0.15, 0.2) is 5.82 Å². The Kier molecular flexibility index (Phi) is 4.03. The molecule has 2 bridgehead atoms. The standard InChI is InChI=1S/C16H19N5OS/c22-14(18-13-8-10-1-2-12(13)7-10)9-23-16-19-15(20-21-16)11-3-5-17-6-4-11/h3-6,10,12-13H,1-2,7-9H2,(H,18,22)(H,19,20,21)/t10-,12+,13+/m0/s1. The number of rotatable bonds is 5. The van der Waals surface area contributed by atoms with Gasteiger partial charge in [0.05, 0.1) is 5.75 Å². The molecule has 7 heteroatoms. The minimum atomic E-state index is 0.0859. The second kappa shape index (κ2) is 6.31. The summed E-state index contributed by atoms with van der Waals surface area (Å²) in [6.07, 6.45) is 8.52. The Labute approximate surface area is 138 Å². The van der Waals surface area contributed by atoms with Crippen molar-refractivity contribution in [3.63, 3.8) is 0 Å². The van der Waals surface area contributed by atoms with Crippen LogP contribution in [-0.2, 0) is 4.79 Å². The molecule has 2 heterocycles. The van der Waals surface area contributed by atoms with Crippen molar-refractivity contribution in [2.24, 2.45) is 11.8 Å². The number of amides is 1. The van der Waals surface area contributed by atoms with Crippen LogP contribution in [0.2, 0.25) is 0 Å². The maximum absolute atomic E-state index is 12.1. The van der Waals surface area contributed by atoms with E-state index in [2.05, 4.69) is 25.5 Å². The van der Waals surface area contributed by atoms with Crippen molar-refractivity contribution in [3.05, 3.63) is 24.5 Å². The summed E-state index contributed by atoms with van der Waals surface area (Å²) >= 11 is 1.37. The highest BCUT2D eigenvalue weighted by molar-refractivity contribution is 7.99. The molecule has 6 nitrogen and oxygen atoms in total. The van der Waals surface area contributed by atoms with E-state index in [0.717, 1.165) is 17.9 Å². The van der Waals surface area contributed by atoms with E-state index in [0.29, 0.717) is 28.7 Å². The molecule has 0 aliphatic heterocycles. The van der Waals surface area contributed by atoms with Gasteiger partial charge in [-0.2, -0.15) is 0 Å². The molecule has 2 aliphatic rings. The number of thioether (sulfide) groups is 1. The van der Waals surface area contributed by atoms with Crippen LogP contribution < -0.4 is 5.32 Å². The Hall–Kier alpha value is -1.89. The largest absolute Gasteiger partial charge is 0.352 e. The van der Waals surface area contributed by atoms with Gasteiger partial charge in [0.25, 0.3) is 0 Å². The molecule has 2 aromatic heterocycles. The summed E-state index contributed by atoms with van der Waals surface area (Å²) in [6.45, 7) is 0. The van der Waals surface area contributed by atoms with Crippen LogP contribution in [0.4, 0.5) is 0 Å². The van der Waals surface area contributed by atoms with Crippen LogP contribution in [-0.4, -0.2) is 37.9 Å². The van der Waals surface area contributed by atoms with E-state index in [1.54, 1.807) is 12.4 Å². The normalized spacial score (nSPS) is 25.7. The average Bonchev–Trinajstić information content (AvgIpc) is 3.30. The van der Waals surface area contributed by atoms with Crippen LogP contribution in [0.15, 0.2) is 29.7 Å². The van der Waals surface area contributed by atoms with E-state index in [4.69, 9.17) is 0 Å². The van der Waals surface area contributed by atoms with Crippen LogP contribution in [0.5, 0.6) is 0 Å². The molecule has 2 aromatic rings. The molecule has 2 fully saturated rings. The molecule has 23 heavy (non-hydrogen) atoms. The Morgan fingerprint density at radius 2 is 2.17 bits per heavy atom. The molecule has 0 aromatic carbocycles. The predicted octanol–water partition coefficient (Wildman–Crippen LogP) is 2.26. The zero-order valence-electron chi connectivity index (χ0n) is 12.7. The fourth-order valence-electron chi connectivity index (χ4n) is 3.75. The van der Waals surface area contributed by atoms with Crippen LogP contribution in [0.3, 0.4) is 0 Å². The van der Waals surface area contributed by atoms with E-state index < -0.39 is 0 Å². The van der Waals surface area contributed by atoms with Crippen molar-refractivity contribution < 1.29 is 4.79 Å². The first-order chi connectivity index (χ1) is 11.3. The van der Waals surface area contributed by atoms with Crippen LogP contribution in [0.25, 0.3) is 11.4 Å². The third kappa shape index (κ3) is 3.24. The summed E-state index contributed by atoms with van der Waals surface area (Å²) in [5, 5.41) is 10.8. The number of fused-ring (bicyclic) bond motifs is 2. The molecule has 2 N–H and O–H groups in total. The second-order valence-corrected chi connectivity index (χ2v) is 7.28. The Morgan fingerprint density at radius 3 is 2.91 bits per heavy atom. The first-order valence-corrected chi connectivity index (χ1v) is 9.01. The van der Waals surface area contributed by atoms with Crippen LogP contribution >= 0.6 is 11.8 Å². The molecule has 2 saturated carbocycles. The topological polar surface area (TPSA) is 83.6 Å². The number of carbonyl (C=O) groups excluding carboxylic acids is 1. The molecule has 0 saturated heterocycles. The Morgan fingerprint density at radius 1 is 1.30 bits per heavy atom. The zero-order valence-corrected chi connectivity index (χ0v) is 13.6. The van der Waals surface area contributed by atoms with Gasteiger partial charge < -0.3 is 5.32 Å². The number of aromatic amines is 1. The molecule has 3 atom stereocenters. The molecular weight excluding hydrogens is 310 g/mol. The van der Waals surface area contributed by atoms with Gasteiger partial charge in [-0.15, -0.1) is 5.10 Å². The SMILES string of the molecule is O=C(CSc1n[nH]c(-c2ccncc2)n1)N[C@@H]1C[C@H]2CC[C@@H]1C2. The molecule has 120 valence electrons. The number of hydrogen-bond acceptors (Lipinski definition) is 5. The monoisotopic (exact) mass is 329 g/mol. The maximum Gasteiger partial charge on any atom is 0.230 e. The molecular formula is C16H19N5OS. The van der Waals surface area contributed by atoms with E-state index >= 15 is 0 Å². The maximum atomic E-state index is 12.1. The lowest BCUT2D eigenvalue weighted by molar-refractivity contribution is -0.119. The van der Waals surface area contributed by atoms with Gasteiger partial charge in [-0.25, -0.2) is 4.98 Å². The van der Waals surface area contributed by atoms with Crippen molar-refractivity contribution in [2.75, 3.05) is 5.75 Å². The summed E-state index contributed by atoms with van der Waals surface area (Å²) in [4.78, 5) is 20.5. The third-order valence-electron chi connectivity index (χ3n) is 4.84. The highest BCUT2D eigenvalue weighted by Crippen LogP contribution is 2.44. The average molecular weight is 329 g/mol. The van der Waals surface area contributed by atoms with Crippen molar-refractivity contribution in [2.45, 2.75) is 36.9 Å². The third-order valence-corrected chi connectivity index (χ3v) is 5.68. The van der Waals surface area contributed by atoms with E-state index in [1.807, 2.05) is 12.1 Å². The van der Waals surface area contributed by atoms with Crippen molar-refractivity contribution in [3.8, 4) is 11.4 Å². The lowest BCUT2D eigenvalue weighted by Crippen LogP contribution is -2.39. The minimum absolute atomic E-state index is 0.0859. The highest BCUT2D eigenvalue weighted by atomic mass is 32.2. The van der Waals surface area contributed by atoms with Crippen LogP contribution in [0, 0.1) is 11.8 Å². The van der Waals surface area contributed by atoms with Crippen molar-refractivity contribution in [1.82, 2.24) is 25.5 Å². The van der Waals surface area contributed by atoms with Gasteiger partial charge in [0, 0.05) is 24.0 Å². The Balaban J connectivity index is 1.29. The molecule has 0 radical (unpaired) electrons. The van der Waals surface area contributed by atoms with Gasteiger partial charge in [-0.05, 0) is 43.2 Å². The summed E-state index contributed by atoms with van der Waals surface area (Å²) in [5.74, 6) is 2.69. The number of hydrogen-bond donors (Lipinski definition) is 2. The van der Waals surface area contributed by atoms with Crippen molar-refractivity contribution in [1.29, 1.82) is 0 Å². The van der Waals surface area contributed by atoms with E-state index in [1.165, 1.54) is 31.0 Å². The second-order valence-electron chi connectivity index (χ2n) is 6.34. The summed E-state index contributed by atoms with van der Waals surface area (Å²) in [7, 11) is 0. The van der Waals surface area contributed by atoms with E-state index in [-0.39, 0.29) is 5.91 Å². The van der Waals surface area contributed by atoms with Gasteiger partial charge in [0.1, 0.15) is 0 Å². The van der Waals surface area contributed by atoms with Gasteiger partial charge >= 0.3 is 0 Å². The molecule has 2 aliphatic carbocycles. The number of nitrogens with one attached hydrogen (secondary N) is 2. The molecule has 0 unspecified atom stereocenters. The molecule has 0 spiro atoms. The Bertz CT molecular complexity index is 689. The summed E-state index contributed by atoms with van der Waals surface area (Å²) in [5.41, 5.74) is 0.936. The van der Waals surface area contributed by atoms with Gasteiger partial charge in [0.2, 0.25) is 11.1 Å². The first-order valence-electron chi connectivity index (χ1n) is 8.03. The first kappa shape index (κ1) is 14.7. The van der Waals surface area contributed by atoms with E-state index in [9.17, 15) is 4.79 Å². The number of pyridine rings is 1. The van der Waals surface area contributed by atoms with Crippen molar-refractivity contribution >= 4 is 17.7 Å².